The number of allylic oxidation sites excluding steroid dienone is 1. The zero-order valence-corrected chi connectivity index (χ0v) is 20.0. The smallest absolute Gasteiger partial charge is 0.163 e. The second-order valence-corrected chi connectivity index (χ2v) is 8.66. The second kappa shape index (κ2) is 10.5. The maximum Gasteiger partial charge on any atom is 0.163 e. The van der Waals surface area contributed by atoms with Gasteiger partial charge in [-0.1, -0.05) is 36.9 Å². The number of para-hydroxylation sites is 1. The first-order chi connectivity index (χ1) is 16.5. The van der Waals surface area contributed by atoms with E-state index in [1.165, 1.54) is 0 Å². The van der Waals surface area contributed by atoms with Crippen molar-refractivity contribution in [2.75, 3.05) is 43.9 Å². The van der Waals surface area contributed by atoms with Gasteiger partial charge >= 0.3 is 0 Å². The first kappa shape index (κ1) is 23.5. The highest BCUT2D eigenvalue weighted by Crippen LogP contribution is 2.27. The van der Waals surface area contributed by atoms with Crippen molar-refractivity contribution in [2.24, 2.45) is 5.73 Å². The number of hydrogen-bond acceptors (Lipinski definition) is 6. The Morgan fingerprint density at radius 2 is 1.88 bits per heavy atom. The Kier molecular flexibility index (Phi) is 7.25. The third-order valence-electron chi connectivity index (χ3n) is 6.05. The molecule has 0 spiro atoms. The molecule has 0 aliphatic carbocycles. The van der Waals surface area contributed by atoms with Crippen LogP contribution in [0, 0.1) is 0 Å². The molecule has 2 aromatic heterocycles. The van der Waals surface area contributed by atoms with Crippen LogP contribution in [0.25, 0.3) is 22.3 Å². The molecule has 4 rings (SSSR count). The molecule has 7 heteroatoms. The Morgan fingerprint density at radius 3 is 2.65 bits per heavy atom. The molecule has 0 bridgehead atoms. The summed E-state index contributed by atoms with van der Waals surface area (Å²) in [4.78, 5) is 9.38. The van der Waals surface area contributed by atoms with Crippen LogP contribution < -0.4 is 16.4 Å². The largest absolute Gasteiger partial charge is 0.398 e. The number of benzene rings is 2. The molecule has 0 aliphatic heterocycles. The summed E-state index contributed by atoms with van der Waals surface area (Å²) in [5.74, 6) is 0. The van der Waals surface area contributed by atoms with Gasteiger partial charge < -0.3 is 16.4 Å². The highest BCUT2D eigenvalue weighted by atomic mass is 15.2. The topological polar surface area (TPSA) is 88.7 Å². The van der Waals surface area contributed by atoms with Gasteiger partial charge in [0.1, 0.15) is 0 Å². The molecule has 0 saturated heterocycles. The number of anilines is 2. The monoisotopic (exact) mass is 455 g/mol. The van der Waals surface area contributed by atoms with Gasteiger partial charge in [0.2, 0.25) is 0 Å². The molecule has 0 radical (unpaired) electrons. The van der Waals surface area contributed by atoms with Crippen molar-refractivity contribution in [3.05, 3.63) is 84.8 Å². The molecule has 2 aromatic carbocycles. The molecular weight excluding hydrogens is 422 g/mol. The summed E-state index contributed by atoms with van der Waals surface area (Å²) in [6.45, 7) is 9.95. The van der Waals surface area contributed by atoms with Crippen LogP contribution in [0.2, 0.25) is 0 Å². The van der Waals surface area contributed by atoms with E-state index < -0.39 is 0 Å². The fourth-order valence-corrected chi connectivity index (χ4v) is 4.01. The van der Waals surface area contributed by atoms with E-state index in [0.29, 0.717) is 6.54 Å². The summed E-state index contributed by atoms with van der Waals surface area (Å²) in [6.07, 6.45) is 3.80. The first-order valence-corrected chi connectivity index (χ1v) is 11.5. The molecule has 0 amide bonds. The lowest BCUT2D eigenvalue weighted by Gasteiger charge is -2.27. The van der Waals surface area contributed by atoms with Gasteiger partial charge in [0.25, 0.3) is 0 Å². The highest BCUT2D eigenvalue weighted by Gasteiger charge is 2.13. The van der Waals surface area contributed by atoms with Crippen LogP contribution in [-0.2, 0) is 6.54 Å². The third kappa shape index (κ3) is 5.27. The minimum absolute atomic E-state index is 0.611. The van der Waals surface area contributed by atoms with Gasteiger partial charge in [0, 0.05) is 62.9 Å². The van der Waals surface area contributed by atoms with Crippen molar-refractivity contribution in [3.63, 3.8) is 0 Å². The lowest BCUT2D eigenvalue weighted by Crippen LogP contribution is -2.36. The number of nitrogens with two attached hydrogens (primary N) is 2. The number of hydrogen-bond donors (Lipinski definition) is 2. The number of fused-ring (bicyclic) bond motifs is 1. The summed E-state index contributed by atoms with van der Waals surface area (Å²) in [7, 11) is 2.12. The van der Waals surface area contributed by atoms with Crippen molar-refractivity contribution in [2.45, 2.75) is 13.5 Å². The molecular formula is C27H33N7. The Balaban J connectivity index is 1.50. The van der Waals surface area contributed by atoms with Crippen molar-refractivity contribution < 1.29 is 0 Å². The summed E-state index contributed by atoms with van der Waals surface area (Å²) in [5, 5.41) is 4.48. The molecule has 0 fully saturated rings. The lowest BCUT2D eigenvalue weighted by molar-refractivity contribution is 0.280. The predicted octanol–water partition coefficient (Wildman–Crippen LogP) is 3.91. The van der Waals surface area contributed by atoms with E-state index in [-0.39, 0.29) is 0 Å². The van der Waals surface area contributed by atoms with Gasteiger partial charge in [0.15, 0.2) is 5.65 Å². The number of nitrogen functional groups attached to an aromatic ring is 1. The maximum absolute atomic E-state index is 6.16. The van der Waals surface area contributed by atoms with Crippen LogP contribution in [0.15, 0.2) is 73.6 Å². The molecule has 4 aromatic rings. The van der Waals surface area contributed by atoms with Crippen molar-refractivity contribution in [1.29, 1.82) is 0 Å². The molecule has 0 unspecified atom stereocenters. The van der Waals surface area contributed by atoms with Gasteiger partial charge in [-0.25, -0.2) is 9.50 Å². The summed E-state index contributed by atoms with van der Waals surface area (Å²) >= 11 is 0. The minimum atomic E-state index is 0.611. The van der Waals surface area contributed by atoms with E-state index in [0.717, 1.165) is 71.2 Å². The molecule has 4 N–H and O–H groups in total. The lowest BCUT2D eigenvalue weighted by atomic mass is 10.1. The van der Waals surface area contributed by atoms with Crippen LogP contribution in [0.1, 0.15) is 18.2 Å². The second-order valence-electron chi connectivity index (χ2n) is 8.66. The van der Waals surface area contributed by atoms with Crippen LogP contribution in [0.5, 0.6) is 0 Å². The van der Waals surface area contributed by atoms with Crippen LogP contribution >= 0.6 is 0 Å². The Morgan fingerprint density at radius 1 is 1.06 bits per heavy atom. The van der Waals surface area contributed by atoms with Gasteiger partial charge in [0.05, 0.1) is 11.9 Å². The van der Waals surface area contributed by atoms with E-state index in [4.69, 9.17) is 16.5 Å². The standard InChI is InChI=1S/C27H33N7/c1-20(2)26-11-13-34-27(31-26)24(18-30-34)21-8-6-9-23(17-21)32(3)15-16-33(14-12-28)19-22-7-4-5-10-25(22)29/h4-11,13,17-18H,1,12,14-16,19,28-29H2,2-3H3. The van der Waals surface area contributed by atoms with Crippen LogP contribution in [-0.4, -0.2) is 52.7 Å². The quantitative estimate of drug-likeness (QED) is 0.353. The number of likely N-dealkylation sites (N-methyl/N-ethyl adjacent to an activating group) is 1. The zero-order chi connectivity index (χ0) is 24.1. The molecule has 2 heterocycles. The fourth-order valence-electron chi connectivity index (χ4n) is 4.01. The minimum Gasteiger partial charge on any atom is -0.398 e. The normalized spacial score (nSPS) is 11.3. The van der Waals surface area contributed by atoms with Gasteiger partial charge in [-0.15, -0.1) is 0 Å². The maximum atomic E-state index is 6.16. The Labute approximate surface area is 201 Å². The average Bonchev–Trinajstić information content (AvgIpc) is 3.27. The number of aromatic nitrogens is 3. The van der Waals surface area contributed by atoms with Crippen molar-refractivity contribution >= 4 is 22.6 Å². The van der Waals surface area contributed by atoms with Crippen molar-refractivity contribution in [1.82, 2.24) is 19.5 Å². The van der Waals surface area contributed by atoms with E-state index in [2.05, 4.69) is 58.9 Å². The zero-order valence-electron chi connectivity index (χ0n) is 20.0. The summed E-state index contributed by atoms with van der Waals surface area (Å²) in [6, 6.07) is 18.4. The van der Waals surface area contributed by atoms with E-state index in [1.54, 1.807) is 4.52 Å². The van der Waals surface area contributed by atoms with E-state index in [1.807, 2.05) is 43.6 Å². The summed E-state index contributed by atoms with van der Waals surface area (Å²) in [5.41, 5.74) is 19.9. The van der Waals surface area contributed by atoms with E-state index in [9.17, 15) is 0 Å². The van der Waals surface area contributed by atoms with Crippen LogP contribution in [0.3, 0.4) is 0 Å². The average molecular weight is 456 g/mol. The number of rotatable bonds is 10. The Hall–Kier alpha value is -3.68. The highest BCUT2D eigenvalue weighted by molar-refractivity contribution is 5.80. The molecule has 34 heavy (non-hydrogen) atoms. The van der Waals surface area contributed by atoms with Crippen LogP contribution in [0.4, 0.5) is 11.4 Å². The van der Waals surface area contributed by atoms with Gasteiger partial charge in [-0.3, -0.25) is 4.90 Å². The van der Waals surface area contributed by atoms with Crippen molar-refractivity contribution in [3.8, 4) is 11.1 Å². The third-order valence-corrected chi connectivity index (χ3v) is 6.05. The molecule has 7 nitrogen and oxygen atoms in total. The van der Waals surface area contributed by atoms with Gasteiger partial charge in [-0.05, 0) is 47.9 Å². The summed E-state index contributed by atoms with van der Waals surface area (Å²) < 4.78 is 1.80. The first-order valence-electron chi connectivity index (χ1n) is 11.5. The number of nitrogens with zero attached hydrogens (tertiary/aromatic N) is 5. The molecule has 176 valence electrons. The molecule has 0 saturated carbocycles. The van der Waals surface area contributed by atoms with Gasteiger partial charge in [-0.2, -0.15) is 5.10 Å². The SMILES string of the molecule is C=C(C)c1ccn2ncc(-c3cccc(N(C)CCN(CCN)Cc4ccccc4N)c3)c2n1. The Bertz CT molecular complexity index is 1280. The fraction of sp³-hybridized carbons (Fsp3) is 0.259. The van der Waals surface area contributed by atoms with E-state index >= 15 is 0 Å². The molecule has 0 atom stereocenters. The molecule has 0 aliphatic rings. The predicted molar refractivity (Wildman–Crippen MR) is 142 cm³/mol.